The maximum Gasteiger partial charge on any atom is 0.314 e. The van der Waals surface area contributed by atoms with E-state index in [-0.39, 0.29) is 31.9 Å². The van der Waals surface area contributed by atoms with E-state index in [1.807, 2.05) is 0 Å². The number of Topliss-reactive ketones (excluding diaryl/α,β-unsaturated/α-hetero) is 1. The van der Waals surface area contributed by atoms with E-state index in [2.05, 4.69) is 10.3 Å². The number of hydrogen-bond acceptors (Lipinski definition) is 5. The minimum Gasteiger partial charge on any atom is -0.481 e. The Morgan fingerprint density at radius 3 is 2.35 bits per heavy atom. The second kappa shape index (κ2) is 10.8. The van der Waals surface area contributed by atoms with Crippen LogP contribution in [0.4, 0.5) is 0 Å². The van der Waals surface area contributed by atoms with E-state index in [1.54, 1.807) is 30.3 Å². The third kappa shape index (κ3) is 7.31. The molecule has 1 rings (SSSR count). The van der Waals surface area contributed by atoms with Gasteiger partial charge in [-0.05, 0) is 24.8 Å². The highest BCUT2D eigenvalue weighted by atomic mass is 16.4. The van der Waals surface area contributed by atoms with E-state index >= 15 is 0 Å². The predicted molar refractivity (Wildman–Crippen MR) is 97.2 cm³/mol. The fourth-order valence-electron chi connectivity index (χ4n) is 2.44. The van der Waals surface area contributed by atoms with Gasteiger partial charge in [0.05, 0.1) is 12.6 Å². The Balaban J connectivity index is 2.88. The molecule has 0 saturated carbocycles. The first-order chi connectivity index (χ1) is 12.3. The molecule has 0 aliphatic heterocycles. The Morgan fingerprint density at radius 1 is 1.15 bits per heavy atom. The summed E-state index contributed by atoms with van der Waals surface area (Å²) in [6, 6.07) is 7.86. The number of nitrogens with two attached hydrogens (primary N) is 3. The number of carbonyl (C=O) groups is 3. The summed E-state index contributed by atoms with van der Waals surface area (Å²) in [5.74, 6) is -3.70. The van der Waals surface area contributed by atoms with Crippen LogP contribution in [0.25, 0.3) is 0 Å². The first-order valence-electron chi connectivity index (χ1n) is 8.20. The SMILES string of the molecule is NCC(=O)NC(CCCN=C(N)N)C(=O)C(Cc1ccccc1)C(=O)O. The van der Waals surface area contributed by atoms with Crippen LogP contribution in [0.15, 0.2) is 35.3 Å². The number of nitrogens with zero attached hydrogens (tertiary/aromatic N) is 1. The number of rotatable bonds is 11. The molecule has 1 aromatic carbocycles. The molecule has 26 heavy (non-hydrogen) atoms. The molecule has 0 aliphatic rings. The van der Waals surface area contributed by atoms with Crippen LogP contribution in [-0.4, -0.2) is 47.9 Å². The van der Waals surface area contributed by atoms with Crippen LogP contribution in [0, 0.1) is 5.92 Å². The Bertz CT molecular complexity index is 644. The lowest BCUT2D eigenvalue weighted by molar-refractivity contribution is -0.147. The number of benzene rings is 1. The zero-order valence-electron chi connectivity index (χ0n) is 14.4. The summed E-state index contributed by atoms with van der Waals surface area (Å²) in [5, 5.41) is 12.0. The average Bonchev–Trinajstić information content (AvgIpc) is 2.61. The molecular weight excluding hydrogens is 338 g/mol. The van der Waals surface area contributed by atoms with E-state index in [0.29, 0.717) is 6.42 Å². The van der Waals surface area contributed by atoms with E-state index in [0.717, 1.165) is 5.56 Å². The molecule has 9 heteroatoms. The summed E-state index contributed by atoms with van der Waals surface area (Å²) in [7, 11) is 0. The van der Waals surface area contributed by atoms with Gasteiger partial charge in [0.25, 0.3) is 0 Å². The van der Waals surface area contributed by atoms with Gasteiger partial charge in [-0.15, -0.1) is 0 Å². The molecule has 142 valence electrons. The molecule has 0 saturated heterocycles. The van der Waals surface area contributed by atoms with Crippen LogP contribution in [0.1, 0.15) is 18.4 Å². The van der Waals surface area contributed by atoms with Gasteiger partial charge in [-0.3, -0.25) is 19.4 Å². The van der Waals surface area contributed by atoms with Crippen molar-refractivity contribution < 1.29 is 19.5 Å². The molecule has 0 aliphatic carbocycles. The van der Waals surface area contributed by atoms with Gasteiger partial charge in [0.1, 0.15) is 5.92 Å². The summed E-state index contributed by atoms with van der Waals surface area (Å²) in [6.07, 6.45) is 0.647. The highest BCUT2D eigenvalue weighted by Crippen LogP contribution is 2.14. The number of carboxylic acid groups (broad SMARTS) is 1. The van der Waals surface area contributed by atoms with Crippen molar-refractivity contribution in [1.29, 1.82) is 0 Å². The summed E-state index contributed by atoms with van der Waals surface area (Å²) in [5.41, 5.74) is 16.5. The smallest absolute Gasteiger partial charge is 0.314 e. The number of hydrogen-bond donors (Lipinski definition) is 5. The standard InChI is InChI=1S/C17H25N5O4/c18-10-14(23)22-13(7-4-8-21-17(19)20)15(24)12(16(25)26)9-11-5-2-1-3-6-11/h1-3,5-6,12-13H,4,7-10,18H2,(H,22,23)(H,25,26)(H4,19,20,21). The second-order valence-corrected chi connectivity index (χ2v) is 5.76. The summed E-state index contributed by atoms with van der Waals surface area (Å²) >= 11 is 0. The number of amides is 1. The maximum absolute atomic E-state index is 12.7. The van der Waals surface area contributed by atoms with Crippen molar-refractivity contribution in [3.63, 3.8) is 0 Å². The maximum atomic E-state index is 12.7. The Kier molecular flexibility index (Phi) is 8.79. The molecule has 8 N–H and O–H groups in total. The van der Waals surface area contributed by atoms with E-state index in [4.69, 9.17) is 17.2 Å². The van der Waals surface area contributed by atoms with Crippen LogP contribution in [0.2, 0.25) is 0 Å². The molecule has 0 heterocycles. The minimum absolute atomic E-state index is 0.0396. The first-order valence-corrected chi connectivity index (χ1v) is 8.20. The normalized spacial score (nSPS) is 12.7. The second-order valence-electron chi connectivity index (χ2n) is 5.76. The van der Waals surface area contributed by atoms with Gasteiger partial charge in [0, 0.05) is 6.54 Å². The fourth-order valence-corrected chi connectivity index (χ4v) is 2.44. The molecule has 0 aromatic heterocycles. The third-order valence-electron chi connectivity index (χ3n) is 3.73. The Morgan fingerprint density at radius 2 is 1.81 bits per heavy atom. The highest BCUT2D eigenvalue weighted by Gasteiger charge is 2.32. The van der Waals surface area contributed by atoms with Crippen LogP contribution >= 0.6 is 0 Å². The fraction of sp³-hybridized carbons (Fsp3) is 0.412. The highest BCUT2D eigenvalue weighted by molar-refractivity contribution is 6.02. The van der Waals surface area contributed by atoms with Crippen LogP contribution in [0.3, 0.4) is 0 Å². The van der Waals surface area contributed by atoms with Crippen LogP contribution in [-0.2, 0) is 20.8 Å². The van der Waals surface area contributed by atoms with Crippen molar-refractivity contribution in [2.24, 2.45) is 28.1 Å². The first kappa shape index (κ1) is 21.1. The predicted octanol–water partition coefficient (Wildman–Crippen LogP) is -1.00. The number of carboxylic acids is 1. The van der Waals surface area contributed by atoms with Gasteiger partial charge < -0.3 is 27.6 Å². The number of carbonyl (C=O) groups excluding carboxylic acids is 2. The molecule has 0 fully saturated rings. The zero-order chi connectivity index (χ0) is 19.5. The Labute approximate surface area is 151 Å². The number of aliphatic carboxylic acids is 1. The zero-order valence-corrected chi connectivity index (χ0v) is 14.4. The summed E-state index contributed by atoms with van der Waals surface area (Å²) < 4.78 is 0. The lowest BCUT2D eigenvalue weighted by Gasteiger charge is -2.21. The van der Waals surface area contributed by atoms with E-state index in [1.165, 1.54) is 0 Å². The van der Waals surface area contributed by atoms with E-state index in [9.17, 15) is 19.5 Å². The quantitative estimate of drug-likeness (QED) is 0.145. The number of guanidine groups is 1. The molecule has 2 atom stereocenters. The van der Waals surface area contributed by atoms with Gasteiger partial charge in [0.2, 0.25) is 5.91 Å². The number of aliphatic imine (C=N–C) groups is 1. The summed E-state index contributed by atoms with van der Waals surface area (Å²) in [6.45, 7) is -0.0326. The molecule has 9 nitrogen and oxygen atoms in total. The molecule has 0 bridgehead atoms. The molecule has 2 unspecified atom stereocenters. The van der Waals surface area contributed by atoms with Crippen molar-refractivity contribution in [3.05, 3.63) is 35.9 Å². The van der Waals surface area contributed by atoms with Gasteiger partial charge in [0.15, 0.2) is 11.7 Å². The lowest BCUT2D eigenvalue weighted by Crippen LogP contribution is -2.47. The molecule has 0 spiro atoms. The average molecular weight is 363 g/mol. The van der Waals surface area contributed by atoms with Crippen molar-refractivity contribution in [2.45, 2.75) is 25.3 Å². The van der Waals surface area contributed by atoms with Gasteiger partial charge in [-0.2, -0.15) is 0 Å². The molecular formula is C17H25N5O4. The van der Waals surface area contributed by atoms with Gasteiger partial charge >= 0.3 is 5.97 Å². The topological polar surface area (TPSA) is 174 Å². The van der Waals surface area contributed by atoms with Crippen molar-refractivity contribution in [1.82, 2.24) is 5.32 Å². The van der Waals surface area contributed by atoms with Crippen LogP contribution in [0.5, 0.6) is 0 Å². The van der Waals surface area contributed by atoms with Gasteiger partial charge in [-0.25, -0.2) is 0 Å². The minimum atomic E-state index is -1.27. The number of ketones is 1. The molecule has 1 amide bonds. The summed E-state index contributed by atoms with van der Waals surface area (Å²) in [4.78, 5) is 39.8. The Hall–Kier alpha value is -2.94. The molecule has 1 aromatic rings. The third-order valence-corrected chi connectivity index (χ3v) is 3.73. The van der Waals surface area contributed by atoms with Crippen LogP contribution < -0.4 is 22.5 Å². The van der Waals surface area contributed by atoms with Crippen molar-refractivity contribution >= 4 is 23.6 Å². The molecule has 0 radical (unpaired) electrons. The van der Waals surface area contributed by atoms with Crippen molar-refractivity contribution in [2.75, 3.05) is 13.1 Å². The van der Waals surface area contributed by atoms with E-state index < -0.39 is 29.6 Å². The number of nitrogens with one attached hydrogen (secondary N) is 1. The largest absolute Gasteiger partial charge is 0.481 e. The monoisotopic (exact) mass is 363 g/mol. The van der Waals surface area contributed by atoms with Gasteiger partial charge in [-0.1, -0.05) is 30.3 Å². The lowest BCUT2D eigenvalue weighted by atomic mass is 9.89. The van der Waals surface area contributed by atoms with Crippen molar-refractivity contribution in [3.8, 4) is 0 Å².